The van der Waals surface area contributed by atoms with Gasteiger partial charge in [0.1, 0.15) is 5.82 Å². The SMILES string of the molecule is Cc1cccc(C(N)Cc2nccn2C)c1Br. The average Bonchev–Trinajstić information content (AvgIpc) is 2.68. The highest BCUT2D eigenvalue weighted by Gasteiger charge is 2.13. The fourth-order valence-electron chi connectivity index (χ4n) is 1.86. The molecule has 1 aromatic heterocycles. The second-order valence-electron chi connectivity index (χ2n) is 4.24. The second kappa shape index (κ2) is 5.02. The molecule has 90 valence electrons. The highest BCUT2D eigenvalue weighted by Crippen LogP contribution is 2.26. The van der Waals surface area contributed by atoms with E-state index < -0.39 is 0 Å². The lowest BCUT2D eigenvalue weighted by Crippen LogP contribution is -2.16. The minimum absolute atomic E-state index is 0.0367. The number of nitrogens with zero attached hydrogens (tertiary/aromatic N) is 2. The minimum atomic E-state index is -0.0367. The molecule has 0 aliphatic heterocycles. The molecule has 0 fully saturated rings. The molecule has 2 rings (SSSR count). The van der Waals surface area contributed by atoms with Crippen LogP contribution in [0.5, 0.6) is 0 Å². The maximum absolute atomic E-state index is 6.24. The first-order chi connectivity index (χ1) is 8.09. The Labute approximate surface area is 110 Å². The van der Waals surface area contributed by atoms with Crippen molar-refractivity contribution < 1.29 is 0 Å². The summed E-state index contributed by atoms with van der Waals surface area (Å²) in [4.78, 5) is 4.30. The van der Waals surface area contributed by atoms with Gasteiger partial charge < -0.3 is 10.3 Å². The zero-order chi connectivity index (χ0) is 12.4. The number of imidazole rings is 1. The van der Waals surface area contributed by atoms with Crippen molar-refractivity contribution in [2.45, 2.75) is 19.4 Å². The Morgan fingerprint density at radius 1 is 1.47 bits per heavy atom. The Hall–Kier alpha value is -1.13. The van der Waals surface area contributed by atoms with E-state index in [2.05, 4.69) is 40.0 Å². The summed E-state index contributed by atoms with van der Waals surface area (Å²) in [6.45, 7) is 2.07. The molecule has 1 aromatic carbocycles. The first-order valence-corrected chi connectivity index (χ1v) is 6.35. The van der Waals surface area contributed by atoms with E-state index in [0.717, 1.165) is 22.3 Å². The molecule has 2 N–H and O–H groups in total. The Kier molecular flexibility index (Phi) is 3.64. The summed E-state index contributed by atoms with van der Waals surface area (Å²) in [6, 6.07) is 6.13. The first-order valence-electron chi connectivity index (χ1n) is 5.56. The maximum atomic E-state index is 6.24. The van der Waals surface area contributed by atoms with Gasteiger partial charge in [-0.3, -0.25) is 0 Å². The van der Waals surface area contributed by atoms with E-state index in [1.807, 2.05) is 23.9 Å². The van der Waals surface area contributed by atoms with Gasteiger partial charge in [0.2, 0.25) is 0 Å². The van der Waals surface area contributed by atoms with Crippen molar-refractivity contribution in [3.8, 4) is 0 Å². The van der Waals surface area contributed by atoms with Crippen molar-refractivity contribution in [3.63, 3.8) is 0 Å². The van der Waals surface area contributed by atoms with Crippen LogP contribution in [0.3, 0.4) is 0 Å². The molecule has 3 nitrogen and oxygen atoms in total. The number of aromatic nitrogens is 2. The fourth-order valence-corrected chi connectivity index (χ4v) is 2.41. The Morgan fingerprint density at radius 3 is 2.88 bits per heavy atom. The van der Waals surface area contributed by atoms with Gasteiger partial charge >= 0.3 is 0 Å². The molecule has 0 saturated heterocycles. The summed E-state index contributed by atoms with van der Waals surface area (Å²) in [6.07, 6.45) is 4.48. The molecule has 0 aliphatic carbocycles. The average molecular weight is 294 g/mol. The molecule has 0 radical (unpaired) electrons. The van der Waals surface area contributed by atoms with Gasteiger partial charge in [-0.1, -0.05) is 34.1 Å². The second-order valence-corrected chi connectivity index (χ2v) is 5.04. The van der Waals surface area contributed by atoms with Crippen molar-refractivity contribution in [1.29, 1.82) is 0 Å². The summed E-state index contributed by atoms with van der Waals surface area (Å²) in [5, 5.41) is 0. The van der Waals surface area contributed by atoms with E-state index in [9.17, 15) is 0 Å². The molecule has 0 amide bonds. The van der Waals surface area contributed by atoms with E-state index in [4.69, 9.17) is 5.73 Å². The molecule has 1 atom stereocenters. The van der Waals surface area contributed by atoms with E-state index >= 15 is 0 Å². The zero-order valence-corrected chi connectivity index (χ0v) is 11.6. The van der Waals surface area contributed by atoms with E-state index in [-0.39, 0.29) is 6.04 Å². The number of aryl methyl sites for hydroxylation is 2. The number of benzene rings is 1. The molecule has 0 bridgehead atoms. The lowest BCUT2D eigenvalue weighted by molar-refractivity contribution is 0.657. The number of hydrogen-bond acceptors (Lipinski definition) is 2. The van der Waals surface area contributed by atoms with Crippen LogP contribution in [0.2, 0.25) is 0 Å². The third-order valence-electron chi connectivity index (χ3n) is 2.94. The number of halogens is 1. The standard InChI is InChI=1S/C13H16BrN3/c1-9-4-3-5-10(13(9)14)11(15)8-12-16-6-7-17(12)2/h3-7,11H,8,15H2,1-2H3. The lowest BCUT2D eigenvalue weighted by atomic mass is 10.0. The van der Waals surface area contributed by atoms with Crippen molar-refractivity contribution in [3.05, 3.63) is 52.0 Å². The van der Waals surface area contributed by atoms with Crippen LogP contribution in [0.25, 0.3) is 0 Å². The Bertz CT molecular complexity index is 519. The number of rotatable bonds is 3. The zero-order valence-electron chi connectivity index (χ0n) is 10.0. The third-order valence-corrected chi connectivity index (χ3v) is 4.03. The fraction of sp³-hybridized carbons (Fsp3) is 0.308. The van der Waals surface area contributed by atoms with E-state index in [1.165, 1.54) is 5.56 Å². The Morgan fingerprint density at radius 2 is 2.24 bits per heavy atom. The predicted molar refractivity (Wildman–Crippen MR) is 72.7 cm³/mol. The highest BCUT2D eigenvalue weighted by molar-refractivity contribution is 9.10. The van der Waals surface area contributed by atoms with Gasteiger partial charge in [0.15, 0.2) is 0 Å². The largest absolute Gasteiger partial charge is 0.338 e. The topological polar surface area (TPSA) is 43.8 Å². The third kappa shape index (κ3) is 2.58. The van der Waals surface area contributed by atoms with Crippen LogP contribution >= 0.6 is 15.9 Å². The number of nitrogens with two attached hydrogens (primary N) is 1. The normalized spacial score (nSPS) is 12.7. The van der Waals surface area contributed by atoms with Crippen LogP contribution in [-0.2, 0) is 13.5 Å². The van der Waals surface area contributed by atoms with Gasteiger partial charge in [0, 0.05) is 36.4 Å². The van der Waals surface area contributed by atoms with E-state index in [0.29, 0.717) is 0 Å². The smallest absolute Gasteiger partial charge is 0.110 e. The summed E-state index contributed by atoms with van der Waals surface area (Å²) in [7, 11) is 1.99. The summed E-state index contributed by atoms with van der Waals surface area (Å²) >= 11 is 3.60. The summed E-state index contributed by atoms with van der Waals surface area (Å²) < 4.78 is 3.10. The van der Waals surface area contributed by atoms with Gasteiger partial charge in [-0.05, 0) is 18.1 Å². The predicted octanol–water partition coefficient (Wildman–Crippen LogP) is 2.73. The first kappa shape index (κ1) is 12.3. The van der Waals surface area contributed by atoms with Crippen molar-refractivity contribution >= 4 is 15.9 Å². The van der Waals surface area contributed by atoms with Crippen molar-refractivity contribution in [1.82, 2.24) is 9.55 Å². The molecule has 0 spiro atoms. The quantitative estimate of drug-likeness (QED) is 0.946. The molecule has 1 heterocycles. The van der Waals surface area contributed by atoms with Gasteiger partial charge in [0.05, 0.1) is 0 Å². The number of hydrogen-bond donors (Lipinski definition) is 1. The molecule has 1 unspecified atom stereocenters. The van der Waals surface area contributed by atoms with Crippen LogP contribution in [0.1, 0.15) is 23.0 Å². The van der Waals surface area contributed by atoms with E-state index in [1.54, 1.807) is 6.20 Å². The van der Waals surface area contributed by atoms with Crippen LogP contribution in [0.15, 0.2) is 35.1 Å². The molecule has 17 heavy (non-hydrogen) atoms. The summed E-state index contributed by atoms with van der Waals surface area (Å²) in [5.74, 6) is 1.01. The van der Waals surface area contributed by atoms with Crippen LogP contribution in [0.4, 0.5) is 0 Å². The minimum Gasteiger partial charge on any atom is -0.338 e. The Balaban J connectivity index is 2.23. The van der Waals surface area contributed by atoms with Gasteiger partial charge in [0.25, 0.3) is 0 Å². The van der Waals surface area contributed by atoms with Crippen molar-refractivity contribution in [2.24, 2.45) is 12.8 Å². The molecule has 4 heteroatoms. The maximum Gasteiger partial charge on any atom is 0.110 e. The van der Waals surface area contributed by atoms with Crippen LogP contribution < -0.4 is 5.73 Å². The van der Waals surface area contributed by atoms with Crippen molar-refractivity contribution in [2.75, 3.05) is 0 Å². The molecule has 0 saturated carbocycles. The molecular formula is C13H16BrN3. The van der Waals surface area contributed by atoms with Gasteiger partial charge in [-0.25, -0.2) is 4.98 Å². The monoisotopic (exact) mass is 293 g/mol. The van der Waals surface area contributed by atoms with Crippen LogP contribution in [-0.4, -0.2) is 9.55 Å². The summed E-state index contributed by atoms with van der Waals surface area (Å²) in [5.41, 5.74) is 8.58. The van der Waals surface area contributed by atoms with Gasteiger partial charge in [-0.2, -0.15) is 0 Å². The molecule has 0 aliphatic rings. The highest BCUT2D eigenvalue weighted by atomic mass is 79.9. The molecule has 2 aromatic rings. The van der Waals surface area contributed by atoms with Crippen LogP contribution in [0, 0.1) is 6.92 Å². The lowest BCUT2D eigenvalue weighted by Gasteiger charge is -2.15. The van der Waals surface area contributed by atoms with Gasteiger partial charge in [-0.15, -0.1) is 0 Å². The molecular weight excluding hydrogens is 278 g/mol.